The van der Waals surface area contributed by atoms with Crippen LogP contribution in [-0.4, -0.2) is 50.1 Å². The molecule has 1 aromatic carbocycles. The molecule has 0 bridgehead atoms. The molecule has 4 rings (SSSR count). The SMILES string of the molecule is COc1cc(C(=O)C2CSC(NC3=CCC4NC=CC4=C3)=N2)cc(OC)c1OC. The minimum Gasteiger partial charge on any atom is -0.493 e. The smallest absolute Gasteiger partial charge is 0.203 e. The monoisotopic (exact) mass is 413 g/mol. The molecular formula is C21H23N3O4S. The molecule has 3 aliphatic rings. The van der Waals surface area contributed by atoms with E-state index < -0.39 is 6.04 Å². The van der Waals surface area contributed by atoms with E-state index in [0.717, 1.165) is 17.3 Å². The third-order valence-electron chi connectivity index (χ3n) is 5.03. The number of fused-ring (bicyclic) bond motifs is 1. The maximum Gasteiger partial charge on any atom is 0.203 e. The first kappa shape index (κ1) is 19.4. The second kappa shape index (κ2) is 8.24. The summed E-state index contributed by atoms with van der Waals surface area (Å²) in [6.45, 7) is 0. The number of benzene rings is 1. The number of nitrogens with one attached hydrogen (secondary N) is 2. The fourth-order valence-corrected chi connectivity index (χ4v) is 4.45. The van der Waals surface area contributed by atoms with Gasteiger partial charge >= 0.3 is 0 Å². The summed E-state index contributed by atoms with van der Waals surface area (Å²) in [5, 5.41) is 7.41. The van der Waals surface area contributed by atoms with Crippen molar-refractivity contribution in [1.29, 1.82) is 0 Å². The molecule has 2 atom stereocenters. The molecule has 0 saturated heterocycles. The van der Waals surface area contributed by atoms with Gasteiger partial charge in [-0.3, -0.25) is 4.79 Å². The van der Waals surface area contributed by atoms with Crippen molar-refractivity contribution in [3.63, 3.8) is 0 Å². The number of Topliss-reactive ketones (excluding diaryl/α,β-unsaturated/α-hetero) is 1. The van der Waals surface area contributed by atoms with Crippen molar-refractivity contribution < 1.29 is 19.0 Å². The number of hydrogen-bond acceptors (Lipinski definition) is 8. The molecule has 8 heteroatoms. The molecule has 0 amide bonds. The van der Waals surface area contributed by atoms with E-state index in [0.29, 0.717) is 34.6 Å². The Morgan fingerprint density at radius 1 is 1.21 bits per heavy atom. The Balaban J connectivity index is 1.50. The summed E-state index contributed by atoms with van der Waals surface area (Å²) in [5.74, 6) is 1.88. The van der Waals surface area contributed by atoms with Crippen LogP contribution in [0.1, 0.15) is 16.8 Å². The number of amidine groups is 1. The summed E-state index contributed by atoms with van der Waals surface area (Å²) < 4.78 is 16.0. The fraction of sp³-hybridized carbons (Fsp3) is 0.333. The van der Waals surface area contributed by atoms with Crippen molar-refractivity contribution in [2.45, 2.75) is 18.5 Å². The van der Waals surface area contributed by atoms with Crippen LogP contribution >= 0.6 is 11.8 Å². The Morgan fingerprint density at radius 2 is 1.97 bits per heavy atom. The predicted octanol–water partition coefficient (Wildman–Crippen LogP) is 2.66. The maximum atomic E-state index is 13.0. The Hall–Kier alpha value is -2.87. The van der Waals surface area contributed by atoms with Crippen LogP contribution in [0, 0.1) is 0 Å². The first-order valence-corrected chi connectivity index (χ1v) is 10.3. The van der Waals surface area contributed by atoms with Gasteiger partial charge in [-0.15, -0.1) is 0 Å². The van der Waals surface area contributed by atoms with E-state index in [4.69, 9.17) is 14.2 Å². The van der Waals surface area contributed by atoms with E-state index in [1.807, 2.05) is 6.20 Å². The third-order valence-corrected chi connectivity index (χ3v) is 5.99. The van der Waals surface area contributed by atoms with Gasteiger partial charge in [0.05, 0.1) is 27.4 Å². The largest absolute Gasteiger partial charge is 0.493 e. The number of allylic oxidation sites excluding steroid dienone is 1. The van der Waals surface area contributed by atoms with Gasteiger partial charge < -0.3 is 24.8 Å². The summed E-state index contributed by atoms with van der Waals surface area (Å²) in [4.78, 5) is 17.6. The van der Waals surface area contributed by atoms with Gasteiger partial charge in [0.25, 0.3) is 0 Å². The van der Waals surface area contributed by atoms with Crippen molar-refractivity contribution in [3.05, 3.63) is 53.4 Å². The van der Waals surface area contributed by atoms with Crippen molar-refractivity contribution in [3.8, 4) is 17.2 Å². The second-order valence-corrected chi connectivity index (χ2v) is 7.77. The van der Waals surface area contributed by atoms with Gasteiger partial charge in [0, 0.05) is 17.0 Å². The van der Waals surface area contributed by atoms with Gasteiger partial charge in [-0.1, -0.05) is 17.8 Å². The zero-order valence-electron chi connectivity index (χ0n) is 16.5. The predicted molar refractivity (Wildman–Crippen MR) is 114 cm³/mol. The average Bonchev–Trinajstić information content (AvgIpc) is 3.41. The molecule has 29 heavy (non-hydrogen) atoms. The number of hydrogen-bond donors (Lipinski definition) is 2. The van der Waals surface area contributed by atoms with Crippen molar-refractivity contribution >= 4 is 22.7 Å². The van der Waals surface area contributed by atoms with Gasteiger partial charge in [-0.05, 0) is 42.5 Å². The molecule has 2 N–H and O–H groups in total. The summed E-state index contributed by atoms with van der Waals surface area (Å²) in [6, 6.07) is 3.25. The lowest BCUT2D eigenvalue weighted by molar-refractivity contribution is 0.0970. The van der Waals surface area contributed by atoms with Crippen LogP contribution in [0.5, 0.6) is 17.2 Å². The van der Waals surface area contributed by atoms with E-state index in [1.54, 1.807) is 23.9 Å². The Bertz CT molecular complexity index is 926. The summed E-state index contributed by atoms with van der Waals surface area (Å²) in [7, 11) is 4.60. The van der Waals surface area contributed by atoms with Crippen molar-refractivity contribution in [2.75, 3.05) is 27.1 Å². The Kier molecular flexibility index (Phi) is 5.53. The van der Waals surface area contributed by atoms with Crippen molar-refractivity contribution in [1.82, 2.24) is 10.6 Å². The number of aliphatic imine (C=N–C) groups is 1. The number of ketones is 1. The van der Waals surface area contributed by atoms with Crippen LogP contribution in [0.3, 0.4) is 0 Å². The second-order valence-electron chi connectivity index (χ2n) is 6.76. The molecule has 152 valence electrons. The molecule has 0 spiro atoms. The lowest BCUT2D eigenvalue weighted by atomic mass is 10.00. The lowest BCUT2D eigenvalue weighted by Gasteiger charge is -2.18. The normalized spacial score (nSPS) is 22.1. The van der Waals surface area contributed by atoms with E-state index in [-0.39, 0.29) is 5.78 Å². The van der Waals surface area contributed by atoms with Gasteiger partial charge in [-0.2, -0.15) is 0 Å². The van der Waals surface area contributed by atoms with Crippen LogP contribution < -0.4 is 24.8 Å². The highest BCUT2D eigenvalue weighted by Gasteiger charge is 2.29. The van der Waals surface area contributed by atoms with E-state index >= 15 is 0 Å². The van der Waals surface area contributed by atoms with Crippen LogP contribution in [0.4, 0.5) is 0 Å². The molecule has 7 nitrogen and oxygen atoms in total. The standard InChI is InChI=1S/C21H23N3O4S/c1-26-17-9-13(10-18(27-2)20(17)28-3)19(25)16-11-29-21(24-16)23-14-4-5-15-12(8-14)6-7-22-15/h4,6-10,15-16,22H,5,11H2,1-3H3,(H,23,24). The highest BCUT2D eigenvalue weighted by atomic mass is 32.2. The molecule has 0 radical (unpaired) electrons. The number of thioether (sulfide) groups is 1. The molecule has 1 aromatic rings. The zero-order valence-corrected chi connectivity index (χ0v) is 17.3. The number of nitrogens with zero attached hydrogens (tertiary/aromatic N) is 1. The van der Waals surface area contributed by atoms with Crippen LogP contribution in [-0.2, 0) is 0 Å². The quantitative estimate of drug-likeness (QED) is 0.694. The number of carbonyl (C=O) groups excluding carboxylic acids is 1. The zero-order chi connectivity index (χ0) is 20.4. The van der Waals surface area contributed by atoms with Gasteiger partial charge in [0.2, 0.25) is 5.75 Å². The van der Waals surface area contributed by atoms with Crippen LogP contribution in [0.15, 0.2) is 52.8 Å². The molecule has 0 fully saturated rings. The topological polar surface area (TPSA) is 81.2 Å². The van der Waals surface area contributed by atoms with E-state index in [9.17, 15) is 4.79 Å². The summed E-state index contributed by atoms with van der Waals surface area (Å²) >= 11 is 1.55. The molecule has 2 heterocycles. The molecule has 0 aromatic heterocycles. The molecule has 2 unspecified atom stereocenters. The summed E-state index contributed by atoms with van der Waals surface area (Å²) in [5.41, 5.74) is 2.75. The number of carbonyl (C=O) groups is 1. The highest BCUT2D eigenvalue weighted by molar-refractivity contribution is 8.14. The molecular weight excluding hydrogens is 390 g/mol. The first-order chi connectivity index (χ1) is 14.1. The van der Waals surface area contributed by atoms with Crippen molar-refractivity contribution in [2.24, 2.45) is 4.99 Å². The average molecular weight is 413 g/mol. The van der Waals surface area contributed by atoms with E-state index in [1.165, 1.54) is 26.9 Å². The van der Waals surface area contributed by atoms with Gasteiger partial charge in [0.15, 0.2) is 22.4 Å². The molecule has 2 aliphatic heterocycles. The van der Waals surface area contributed by atoms with Crippen LogP contribution in [0.2, 0.25) is 0 Å². The minimum atomic E-state index is -0.456. The maximum absolute atomic E-state index is 13.0. The molecule has 1 aliphatic carbocycles. The third kappa shape index (κ3) is 3.85. The minimum absolute atomic E-state index is 0.0764. The number of methoxy groups -OCH3 is 3. The van der Waals surface area contributed by atoms with E-state index in [2.05, 4.69) is 33.9 Å². The fourth-order valence-electron chi connectivity index (χ4n) is 3.51. The first-order valence-electron chi connectivity index (χ1n) is 9.29. The summed E-state index contributed by atoms with van der Waals surface area (Å²) in [6.07, 6.45) is 9.24. The van der Waals surface area contributed by atoms with Crippen LogP contribution in [0.25, 0.3) is 0 Å². The number of ether oxygens (including phenoxy) is 3. The number of rotatable bonds is 6. The Labute approximate surface area is 173 Å². The van der Waals surface area contributed by atoms with Gasteiger partial charge in [0.1, 0.15) is 6.04 Å². The lowest BCUT2D eigenvalue weighted by Crippen LogP contribution is -2.26. The van der Waals surface area contributed by atoms with Gasteiger partial charge in [-0.25, -0.2) is 4.99 Å². The molecule has 0 saturated carbocycles. The Morgan fingerprint density at radius 3 is 2.66 bits per heavy atom. The highest BCUT2D eigenvalue weighted by Crippen LogP contribution is 2.39.